The Morgan fingerprint density at radius 1 is 1.18 bits per heavy atom. The zero-order valence-corrected chi connectivity index (χ0v) is 11.0. The van der Waals surface area contributed by atoms with E-state index in [0.717, 1.165) is 31.9 Å². The van der Waals surface area contributed by atoms with Crippen molar-refractivity contribution < 1.29 is 0 Å². The Kier molecular flexibility index (Phi) is 3.33. The quantitative estimate of drug-likeness (QED) is 0.822. The monoisotopic (exact) mass is 234 g/mol. The fourth-order valence-electron chi connectivity index (χ4n) is 2.49. The summed E-state index contributed by atoms with van der Waals surface area (Å²) in [5.74, 6) is 0.740. The summed E-state index contributed by atoms with van der Waals surface area (Å²) in [6.45, 7) is 8.96. The van der Waals surface area contributed by atoms with Gasteiger partial charge in [-0.1, -0.05) is 20.8 Å². The molecule has 0 aromatic carbocycles. The van der Waals surface area contributed by atoms with E-state index in [1.54, 1.807) is 12.4 Å². The summed E-state index contributed by atoms with van der Waals surface area (Å²) in [6.07, 6.45) is 5.78. The molecule has 1 saturated heterocycles. The minimum absolute atomic E-state index is 0.0829. The van der Waals surface area contributed by atoms with Crippen LogP contribution in [0.25, 0.3) is 0 Å². The van der Waals surface area contributed by atoms with Gasteiger partial charge in [-0.3, -0.25) is 0 Å². The van der Waals surface area contributed by atoms with Gasteiger partial charge in [0.1, 0.15) is 0 Å². The van der Waals surface area contributed by atoms with E-state index in [0.29, 0.717) is 0 Å². The highest BCUT2D eigenvalue weighted by molar-refractivity contribution is 5.30. The molecule has 1 aromatic heterocycles. The molecule has 1 aromatic rings. The fraction of sp³-hybridized carbons (Fsp3) is 0.692. The van der Waals surface area contributed by atoms with E-state index < -0.39 is 0 Å². The molecule has 0 aliphatic carbocycles. The molecule has 0 radical (unpaired) electrons. The topological polar surface area (TPSA) is 49.8 Å². The van der Waals surface area contributed by atoms with Crippen LogP contribution in [0.3, 0.4) is 0 Å². The van der Waals surface area contributed by atoms with Crippen molar-refractivity contribution >= 4 is 5.95 Å². The van der Waals surface area contributed by atoms with E-state index >= 15 is 0 Å². The minimum Gasteiger partial charge on any atom is -0.348 e. The van der Waals surface area contributed by atoms with Crippen LogP contribution in [-0.2, 0) is 0 Å². The van der Waals surface area contributed by atoms with Crippen LogP contribution in [0.1, 0.15) is 33.6 Å². The van der Waals surface area contributed by atoms with Crippen LogP contribution in [0, 0.1) is 5.41 Å². The molecular formula is C13H22N4. The fourth-order valence-corrected chi connectivity index (χ4v) is 2.49. The van der Waals surface area contributed by atoms with Crippen molar-refractivity contribution in [1.29, 1.82) is 0 Å². The number of nitrogens with zero attached hydrogens (tertiary/aromatic N) is 2. The lowest BCUT2D eigenvalue weighted by Crippen LogP contribution is -2.56. The van der Waals surface area contributed by atoms with E-state index in [-0.39, 0.29) is 11.0 Å². The van der Waals surface area contributed by atoms with Crippen molar-refractivity contribution in [2.24, 2.45) is 5.41 Å². The summed E-state index contributed by atoms with van der Waals surface area (Å²) < 4.78 is 0. The smallest absolute Gasteiger partial charge is 0.223 e. The Hall–Kier alpha value is -1.16. The zero-order chi connectivity index (χ0) is 12.4. The van der Waals surface area contributed by atoms with Gasteiger partial charge >= 0.3 is 0 Å². The normalized spacial score (nSPS) is 19.9. The molecule has 0 saturated carbocycles. The third kappa shape index (κ3) is 2.57. The van der Waals surface area contributed by atoms with Gasteiger partial charge in [0.15, 0.2) is 0 Å². The summed E-state index contributed by atoms with van der Waals surface area (Å²) in [5.41, 5.74) is 0.272. The van der Waals surface area contributed by atoms with Crippen LogP contribution >= 0.6 is 0 Å². The second-order valence-electron chi connectivity index (χ2n) is 5.78. The van der Waals surface area contributed by atoms with Gasteiger partial charge in [0.05, 0.1) is 0 Å². The largest absolute Gasteiger partial charge is 0.348 e. The van der Waals surface area contributed by atoms with Gasteiger partial charge in [-0.2, -0.15) is 0 Å². The highest BCUT2D eigenvalue weighted by atomic mass is 15.2. The van der Waals surface area contributed by atoms with E-state index in [1.165, 1.54) is 0 Å². The summed E-state index contributed by atoms with van der Waals surface area (Å²) in [6, 6.07) is 1.84. The summed E-state index contributed by atoms with van der Waals surface area (Å²) in [7, 11) is 0. The van der Waals surface area contributed by atoms with E-state index in [4.69, 9.17) is 0 Å². The molecule has 4 nitrogen and oxygen atoms in total. The molecule has 0 bridgehead atoms. The molecule has 0 atom stereocenters. The number of nitrogens with one attached hydrogen (secondary N) is 2. The standard InChI is InChI=1S/C13H22N4/c1-12(2,3)13(5-9-14-10-6-13)17-11-15-7-4-8-16-11/h4,7-8,14H,5-6,9-10H2,1-3H3,(H,15,16,17). The predicted molar refractivity (Wildman–Crippen MR) is 69.9 cm³/mol. The van der Waals surface area contributed by atoms with Gasteiger partial charge in [0.25, 0.3) is 0 Å². The SMILES string of the molecule is CC(C)(C)C1(Nc2ncccn2)CCNCC1. The first-order chi connectivity index (χ1) is 8.04. The average molecular weight is 234 g/mol. The van der Waals surface area contributed by atoms with Crippen molar-refractivity contribution in [3.05, 3.63) is 18.5 Å². The van der Waals surface area contributed by atoms with Gasteiger partial charge in [-0.25, -0.2) is 9.97 Å². The summed E-state index contributed by atoms with van der Waals surface area (Å²) in [4.78, 5) is 8.58. The van der Waals surface area contributed by atoms with Crippen molar-refractivity contribution in [2.75, 3.05) is 18.4 Å². The highest BCUT2D eigenvalue weighted by Crippen LogP contribution is 2.39. The lowest BCUT2D eigenvalue weighted by Gasteiger charge is -2.48. The second-order valence-corrected chi connectivity index (χ2v) is 5.78. The highest BCUT2D eigenvalue weighted by Gasteiger charge is 2.43. The third-order valence-corrected chi connectivity index (χ3v) is 3.81. The maximum atomic E-state index is 4.29. The van der Waals surface area contributed by atoms with Crippen LogP contribution in [0.4, 0.5) is 5.95 Å². The predicted octanol–water partition coefficient (Wildman–Crippen LogP) is 2.06. The Balaban J connectivity index is 2.22. The first kappa shape index (κ1) is 12.3. The molecule has 0 unspecified atom stereocenters. The van der Waals surface area contributed by atoms with Gasteiger partial charge in [0.2, 0.25) is 5.95 Å². The average Bonchev–Trinajstić information content (AvgIpc) is 2.30. The molecular weight excluding hydrogens is 212 g/mol. The molecule has 94 valence electrons. The molecule has 4 heteroatoms. The van der Waals surface area contributed by atoms with Gasteiger partial charge in [0, 0.05) is 17.9 Å². The molecule has 2 rings (SSSR count). The zero-order valence-electron chi connectivity index (χ0n) is 11.0. The number of rotatable bonds is 2. The van der Waals surface area contributed by atoms with Crippen LogP contribution in [0.2, 0.25) is 0 Å². The van der Waals surface area contributed by atoms with Crippen molar-refractivity contribution in [1.82, 2.24) is 15.3 Å². The van der Waals surface area contributed by atoms with Gasteiger partial charge < -0.3 is 10.6 Å². The summed E-state index contributed by atoms with van der Waals surface area (Å²) in [5, 5.41) is 6.99. The van der Waals surface area contributed by atoms with E-state index in [1.807, 2.05) is 6.07 Å². The number of piperidine rings is 1. The van der Waals surface area contributed by atoms with Crippen molar-refractivity contribution in [3.63, 3.8) is 0 Å². The van der Waals surface area contributed by atoms with Crippen LogP contribution < -0.4 is 10.6 Å². The molecule has 1 aliphatic heterocycles. The maximum absolute atomic E-state index is 4.29. The Morgan fingerprint density at radius 2 is 1.76 bits per heavy atom. The number of aromatic nitrogens is 2. The summed E-state index contributed by atoms with van der Waals surface area (Å²) >= 11 is 0. The first-order valence-corrected chi connectivity index (χ1v) is 6.29. The molecule has 1 aliphatic rings. The Morgan fingerprint density at radius 3 is 2.29 bits per heavy atom. The van der Waals surface area contributed by atoms with Crippen molar-refractivity contribution in [2.45, 2.75) is 39.2 Å². The van der Waals surface area contributed by atoms with Gasteiger partial charge in [-0.05, 0) is 37.4 Å². The molecule has 1 fully saturated rings. The number of hydrogen-bond donors (Lipinski definition) is 2. The van der Waals surface area contributed by atoms with Crippen LogP contribution in [0.15, 0.2) is 18.5 Å². The molecule has 2 heterocycles. The second kappa shape index (κ2) is 4.61. The van der Waals surface area contributed by atoms with E-state index in [2.05, 4.69) is 41.4 Å². The minimum atomic E-state index is 0.0829. The molecule has 17 heavy (non-hydrogen) atoms. The number of anilines is 1. The first-order valence-electron chi connectivity index (χ1n) is 6.29. The molecule has 0 spiro atoms. The van der Waals surface area contributed by atoms with Gasteiger partial charge in [-0.15, -0.1) is 0 Å². The Bertz CT molecular complexity index is 349. The van der Waals surface area contributed by atoms with Crippen molar-refractivity contribution in [3.8, 4) is 0 Å². The molecule has 0 amide bonds. The van der Waals surface area contributed by atoms with E-state index in [9.17, 15) is 0 Å². The van der Waals surface area contributed by atoms with Crippen LogP contribution in [-0.4, -0.2) is 28.6 Å². The lowest BCUT2D eigenvalue weighted by atomic mass is 9.68. The third-order valence-electron chi connectivity index (χ3n) is 3.81. The number of hydrogen-bond acceptors (Lipinski definition) is 4. The molecule has 2 N–H and O–H groups in total. The Labute approximate surface area is 103 Å². The lowest BCUT2D eigenvalue weighted by molar-refractivity contribution is 0.162. The maximum Gasteiger partial charge on any atom is 0.223 e. The van der Waals surface area contributed by atoms with Crippen LogP contribution in [0.5, 0.6) is 0 Å².